The van der Waals surface area contributed by atoms with Gasteiger partial charge in [0.25, 0.3) is 0 Å². The van der Waals surface area contributed by atoms with Crippen LogP contribution in [0.5, 0.6) is 11.5 Å². The van der Waals surface area contributed by atoms with Crippen LogP contribution in [-0.4, -0.2) is 30.8 Å². The van der Waals surface area contributed by atoms with Crippen molar-refractivity contribution in [2.75, 3.05) is 13.7 Å². The highest BCUT2D eigenvalue weighted by molar-refractivity contribution is 14.0. The third kappa shape index (κ3) is 9.77. The maximum atomic E-state index is 9.85. The van der Waals surface area contributed by atoms with E-state index in [1.54, 1.807) is 19.2 Å². The number of hydrogen-bond donors (Lipinski definition) is 3. The quantitative estimate of drug-likeness (QED) is 0.321. The van der Waals surface area contributed by atoms with Gasteiger partial charge in [-0.25, -0.2) is 4.99 Å². The molecular formula is C19H34IN3O2. The fraction of sp³-hybridized carbons (Fsp3) is 0.632. The van der Waals surface area contributed by atoms with E-state index in [1.165, 1.54) is 0 Å². The van der Waals surface area contributed by atoms with Gasteiger partial charge in [0.15, 0.2) is 17.5 Å². The zero-order chi connectivity index (χ0) is 18.2. The zero-order valence-corrected chi connectivity index (χ0v) is 18.7. The Balaban J connectivity index is 0.00000576. The van der Waals surface area contributed by atoms with Gasteiger partial charge in [-0.3, -0.25) is 0 Å². The number of phenolic OH excluding ortho intramolecular Hbond substituents is 1. The van der Waals surface area contributed by atoms with E-state index < -0.39 is 0 Å². The smallest absolute Gasteiger partial charge is 0.191 e. The summed E-state index contributed by atoms with van der Waals surface area (Å²) in [6.07, 6.45) is 2.25. The largest absolute Gasteiger partial charge is 0.504 e. The Morgan fingerprint density at radius 2 is 2.00 bits per heavy atom. The van der Waals surface area contributed by atoms with Gasteiger partial charge in [0.1, 0.15) is 0 Å². The lowest BCUT2D eigenvalue weighted by Gasteiger charge is -2.23. The van der Waals surface area contributed by atoms with E-state index in [9.17, 15) is 5.11 Å². The van der Waals surface area contributed by atoms with Crippen molar-refractivity contribution in [3.05, 3.63) is 23.8 Å². The van der Waals surface area contributed by atoms with Crippen LogP contribution in [0.25, 0.3) is 0 Å². The molecule has 1 rings (SSSR count). The molecule has 25 heavy (non-hydrogen) atoms. The maximum Gasteiger partial charge on any atom is 0.191 e. The Bertz CT molecular complexity index is 542. The summed E-state index contributed by atoms with van der Waals surface area (Å²) in [5, 5.41) is 16.6. The topological polar surface area (TPSA) is 65.9 Å². The molecule has 0 bridgehead atoms. The number of benzene rings is 1. The highest BCUT2D eigenvalue weighted by atomic mass is 127. The molecule has 0 aliphatic carbocycles. The number of hydrogen-bond acceptors (Lipinski definition) is 3. The van der Waals surface area contributed by atoms with Gasteiger partial charge >= 0.3 is 0 Å². The Morgan fingerprint density at radius 3 is 2.52 bits per heavy atom. The van der Waals surface area contributed by atoms with Crippen molar-refractivity contribution in [1.29, 1.82) is 0 Å². The van der Waals surface area contributed by atoms with E-state index in [4.69, 9.17) is 4.74 Å². The van der Waals surface area contributed by atoms with Crippen molar-refractivity contribution in [3.8, 4) is 11.5 Å². The molecule has 0 saturated carbocycles. The molecule has 3 N–H and O–H groups in total. The number of phenols is 1. The van der Waals surface area contributed by atoms with E-state index in [0.717, 1.165) is 30.9 Å². The lowest BCUT2D eigenvalue weighted by atomic mass is 9.89. The second-order valence-electron chi connectivity index (χ2n) is 7.35. The third-order valence-electron chi connectivity index (χ3n) is 3.72. The Morgan fingerprint density at radius 1 is 1.32 bits per heavy atom. The van der Waals surface area contributed by atoms with Gasteiger partial charge in [-0.15, -0.1) is 24.0 Å². The lowest BCUT2D eigenvalue weighted by Crippen LogP contribution is -2.42. The van der Waals surface area contributed by atoms with Crippen molar-refractivity contribution in [1.82, 2.24) is 10.6 Å². The van der Waals surface area contributed by atoms with Gasteiger partial charge in [0.2, 0.25) is 0 Å². The van der Waals surface area contributed by atoms with Gasteiger partial charge in [0.05, 0.1) is 13.7 Å². The molecule has 0 amide bonds. The van der Waals surface area contributed by atoms with Crippen molar-refractivity contribution in [2.24, 2.45) is 10.4 Å². The summed E-state index contributed by atoms with van der Waals surface area (Å²) in [6.45, 7) is 12.3. The summed E-state index contributed by atoms with van der Waals surface area (Å²) in [7, 11) is 1.54. The van der Waals surface area contributed by atoms with Gasteiger partial charge in [-0.05, 0) is 49.8 Å². The van der Waals surface area contributed by atoms with Crippen LogP contribution in [0.3, 0.4) is 0 Å². The molecule has 0 spiro atoms. The molecule has 1 aromatic rings. The molecule has 1 atom stereocenters. The van der Waals surface area contributed by atoms with Crippen molar-refractivity contribution >= 4 is 29.9 Å². The normalized spacial score (nSPS) is 13.0. The zero-order valence-electron chi connectivity index (χ0n) is 16.3. The Labute approximate surface area is 169 Å². The van der Waals surface area contributed by atoms with Crippen molar-refractivity contribution in [2.45, 2.75) is 60.0 Å². The molecule has 0 aromatic heterocycles. The van der Waals surface area contributed by atoms with Gasteiger partial charge < -0.3 is 20.5 Å². The van der Waals surface area contributed by atoms with E-state index >= 15 is 0 Å². The first-order chi connectivity index (χ1) is 11.2. The van der Waals surface area contributed by atoms with Crippen LogP contribution in [0.1, 0.15) is 53.0 Å². The molecule has 0 heterocycles. The Hall–Kier alpha value is -1.18. The summed E-state index contributed by atoms with van der Waals surface area (Å²) in [5.74, 6) is 1.42. The first-order valence-electron chi connectivity index (χ1n) is 8.66. The van der Waals surface area contributed by atoms with Crippen LogP contribution in [0.15, 0.2) is 23.2 Å². The van der Waals surface area contributed by atoms with E-state index in [0.29, 0.717) is 23.8 Å². The number of nitrogens with zero attached hydrogens (tertiary/aromatic N) is 1. The lowest BCUT2D eigenvalue weighted by molar-refractivity contribution is 0.346. The molecule has 0 aliphatic heterocycles. The van der Waals surface area contributed by atoms with Crippen molar-refractivity contribution in [3.63, 3.8) is 0 Å². The first kappa shape index (κ1) is 23.8. The highest BCUT2D eigenvalue weighted by Gasteiger charge is 2.13. The third-order valence-corrected chi connectivity index (χ3v) is 3.72. The molecule has 144 valence electrons. The number of aliphatic imine (C=N–C) groups is 1. The monoisotopic (exact) mass is 463 g/mol. The number of nitrogens with one attached hydrogen (secondary N) is 2. The fourth-order valence-corrected chi connectivity index (χ4v) is 2.28. The molecule has 1 aromatic carbocycles. The van der Waals surface area contributed by atoms with Gasteiger partial charge in [0, 0.05) is 12.6 Å². The molecule has 0 aliphatic rings. The maximum absolute atomic E-state index is 9.85. The van der Waals surface area contributed by atoms with Crippen LogP contribution in [0.4, 0.5) is 0 Å². The molecule has 0 saturated heterocycles. The fourth-order valence-electron chi connectivity index (χ4n) is 2.28. The summed E-state index contributed by atoms with van der Waals surface area (Å²) in [5.41, 5.74) is 1.28. The number of aromatic hydroxyl groups is 1. The standard InChI is InChI=1S/C19H33N3O2.HI/c1-7-20-18(22-14(2)10-11-19(3,4)5)21-13-15-8-9-17(24-6)16(23)12-15;/h8-9,12,14,23H,7,10-11,13H2,1-6H3,(H2,20,21,22);1H. The average Bonchev–Trinajstić information content (AvgIpc) is 2.50. The number of rotatable bonds is 7. The summed E-state index contributed by atoms with van der Waals surface area (Å²) in [4.78, 5) is 4.61. The number of guanidine groups is 1. The van der Waals surface area contributed by atoms with Gasteiger partial charge in [-0.2, -0.15) is 0 Å². The predicted octanol–water partition coefficient (Wildman–Crippen LogP) is 4.29. The Kier molecular flexibility index (Phi) is 10.9. The minimum absolute atomic E-state index is 0. The van der Waals surface area contributed by atoms with E-state index in [2.05, 4.69) is 50.2 Å². The van der Waals surface area contributed by atoms with Crippen LogP contribution in [-0.2, 0) is 6.54 Å². The molecule has 1 unspecified atom stereocenters. The first-order valence-corrected chi connectivity index (χ1v) is 8.66. The molecule has 0 fully saturated rings. The van der Waals surface area contributed by atoms with Crippen LogP contribution in [0.2, 0.25) is 0 Å². The number of ether oxygens (including phenoxy) is 1. The molecular weight excluding hydrogens is 429 g/mol. The number of halogens is 1. The van der Waals surface area contributed by atoms with Gasteiger partial charge in [-0.1, -0.05) is 26.8 Å². The SMILES string of the molecule is CCNC(=NCc1ccc(OC)c(O)c1)NC(C)CCC(C)(C)C.I. The highest BCUT2D eigenvalue weighted by Crippen LogP contribution is 2.26. The second kappa shape index (κ2) is 11.4. The molecule has 0 radical (unpaired) electrons. The van der Waals surface area contributed by atoms with E-state index in [1.807, 2.05) is 6.07 Å². The number of methoxy groups -OCH3 is 1. The average molecular weight is 463 g/mol. The van der Waals surface area contributed by atoms with Crippen LogP contribution >= 0.6 is 24.0 Å². The van der Waals surface area contributed by atoms with Crippen molar-refractivity contribution < 1.29 is 9.84 Å². The summed E-state index contributed by atoms with van der Waals surface area (Å²) >= 11 is 0. The van der Waals surface area contributed by atoms with Crippen LogP contribution < -0.4 is 15.4 Å². The summed E-state index contributed by atoms with van der Waals surface area (Å²) < 4.78 is 5.06. The molecule has 5 nitrogen and oxygen atoms in total. The second-order valence-corrected chi connectivity index (χ2v) is 7.35. The molecule has 6 heteroatoms. The summed E-state index contributed by atoms with van der Waals surface area (Å²) in [6, 6.07) is 5.71. The van der Waals surface area contributed by atoms with Crippen LogP contribution in [0, 0.1) is 5.41 Å². The minimum atomic E-state index is 0. The predicted molar refractivity (Wildman–Crippen MR) is 116 cm³/mol. The van der Waals surface area contributed by atoms with E-state index in [-0.39, 0.29) is 29.7 Å². The minimum Gasteiger partial charge on any atom is -0.504 e.